The Morgan fingerprint density at radius 1 is 0.964 bits per heavy atom. The molecule has 0 spiro atoms. The fourth-order valence-electron chi connectivity index (χ4n) is 3.44. The number of amides is 2. The highest BCUT2D eigenvalue weighted by atomic mass is 16.2. The number of nitrogens with one attached hydrogen (secondary N) is 1. The van der Waals surface area contributed by atoms with Crippen LogP contribution >= 0.6 is 0 Å². The van der Waals surface area contributed by atoms with E-state index < -0.39 is 6.04 Å². The lowest BCUT2D eigenvalue weighted by Crippen LogP contribution is -2.49. The van der Waals surface area contributed by atoms with Gasteiger partial charge in [0.1, 0.15) is 6.04 Å². The summed E-state index contributed by atoms with van der Waals surface area (Å²) in [5.74, 6) is -0.108. The second-order valence-electron chi connectivity index (χ2n) is 7.37. The third kappa shape index (κ3) is 5.44. The number of rotatable bonds is 8. The van der Waals surface area contributed by atoms with E-state index in [0.29, 0.717) is 25.9 Å². The zero-order valence-electron chi connectivity index (χ0n) is 17.7. The molecule has 0 aliphatic heterocycles. The lowest BCUT2D eigenvalue weighted by atomic mass is 10.0. The van der Waals surface area contributed by atoms with E-state index in [4.69, 9.17) is 0 Å². The highest BCUT2D eigenvalue weighted by Crippen LogP contribution is 2.18. The Labute approximate surface area is 169 Å². The summed E-state index contributed by atoms with van der Waals surface area (Å²) >= 11 is 0. The van der Waals surface area contributed by atoms with Gasteiger partial charge in [0, 0.05) is 13.1 Å². The van der Waals surface area contributed by atoms with Crippen molar-refractivity contribution in [1.82, 2.24) is 10.2 Å². The molecule has 2 aromatic rings. The van der Waals surface area contributed by atoms with Gasteiger partial charge in [-0.1, -0.05) is 55.0 Å². The fourth-order valence-corrected chi connectivity index (χ4v) is 3.44. The van der Waals surface area contributed by atoms with Crippen molar-refractivity contribution in [3.05, 3.63) is 70.3 Å². The molecule has 0 saturated carbocycles. The zero-order valence-corrected chi connectivity index (χ0v) is 17.7. The summed E-state index contributed by atoms with van der Waals surface area (Å²) in [4.78, 5) is 27.8. The number of hydrogen-bond acceptors (Lipinski definition) is 2. The van der Waals surface area contributed by atoms with E-state index in [9.17, 15) is 9.59 Å². The minimum atomic E-state index is -0.475. The molecule has 0 unspecified atom stereocenters. The first-order valence-corrected chi connectivity index (χ1v) is 10.0. The molecule has 28 heavy (non-hydrogen) atoms. The summed E-state index contributed by atoms with van der Waals surface area (Å²) in [5.41, 5.74) is 5.44. The molecule has 150 valence electrons. The quantitative estimate of drug-likeness (QED) is 0.750. The van der Waals surface area contributed by atoms with E-state index >= 15 is 0 Å². The van der Waals surface area contributed by atoms with Crippen molar-refractivity contribution in [2.45, 2.75) is 60.0 Å². The third-order valence-electron chi connectivity index (χ3n) is 5.19. The summed E-state index contributed by atoms with van der Waals surface area (Å²) in [7, 11) is 0. The summed E-state index contributed by atoms with van der Waals surface area (Å²) in [5, 5.41) is 2.88. The largest absolute Gasteiger partial charge is 0.355 e. The van der Waals surface area contributed by atoms with Crippen LogP contribution in [0.15, 0.2) is 42.5 Å². The maximum Gasteiger partial charge on any atom is 0.242 e. The Morgan fingerprint density at radius 2 is 1.64 bits per heavy atom. The molecule has 0 radical (unpaired) electrons. The molecule has 0 heterocycles. The maximum absolute atomic E-state index is 13.3. The summed E-state index contributed by atoms with van der Waals surface area (Å²) < 4.78 is 0. The minimum Gasteiger partial charge on any atom is -0.355 e. The number of aryl methyl sites for hydroxylation is 3. The molecule has 4 heteroatoms. The minimum absolute atomic E-state index is 0.0185. The molecule has 2 amide bonds. The molecule has 4 nitrogen and oxygen atoms in total. The van der Waals surface area contributed by atoms with Crippen LogP contribution in [0.1, 0.15) is 48.1 Å². The predicted octanol–water partition coefficient (Wildman–Crippen LogP) is 4.10. The number of nitrogens with zero attached hydrogens (tertiary/aromatic N) is 1. The van der Waals surface area contributed by atoms with E-state index in [0.717, 1.165) is 27.8 Å². The van der Waals surface area contributed by atoms with Gasteiger partial charge in [-0.3, -0.25) is 9.59 Å². The summed E-state index contributed by atoms with van der Waals surface area (Å²) in [6.07, 6.45) is 0.881. The van der Waals surface area contributed by atoms with Crippen LogP contribution < -0.4 is 5.32 Å². The van der Waals surface area contributed by atoms with Crippen molar-refractivity contribution in [3.63, 3.8) is 0 Å². The van der Waals surface area contributed by atoms with Crippen LogP contribution in [0.3, 0.4) is 0 Å². The first-order valence-electron chi connectivity index (χ1n) is 10.0. The number of carbonyl (C=O) groups is 2. The van der Waals surface area contributed by atoms with Gasteiger partial charge in [0.15, 0.2) is 0 Å². The Morgan fingerprint density at radius 3 is 2.29 bits per heavy atom. The molecule has 0 aromatic heterocycles. The molecule has 0 bridgehead atoms. The number of carbonyl (C=O) groups excluding carboxylic acids is 2. The average Bonchev–Trinajstić information content (AvgIpc) is 2.66. The van der Waals surface area contributed by atoms with Crippen molar-refractivity contribution >= 4 is 11.8 Å². The van der Waals surface area contributed by atoms with Gasteiger partial charge in [-0.15, -0.1) is 0 Å². The van der Waals surface area contributed by atoms with E-state index in [1.54, 1.807) is 4.90 Å². The van der Waals surface area contributed by atoms with Gasteiger partial charge in [-0.05, 0) is 56.4 Å². The normalized spacial score (nSPS) is 11.8. The van der Waals surface area contributed by atoms with Gasteiger partial charge in [-0.2, -0.15) is 0 Å². The van der Waals surface area contributed by atoms with Crippen molar-refractivity contribution < 1.29 is 9.59 Å². The zero-order chi connectivity index (χ0) is 20.7. The molecule has 1 N–H and O–H groups in total. The van der Waals surface area contributed by atoms with Gasteiger partial charge < -0.3 is 10.2 Å². The highest BCUT2D eigenvalue weighted by Gasteiger charge is 2.28. The summed E-state index contributed by atoms with van der Waals surface area (Å²) in [6, 6.07) is 13.7. The van der Waals surface area contributed by atoms with Gasteiger partial charge in [-0.25, -0.2) is 0 Å². The van der Waals surface area contributed by atoms with Crippen molar-refractivity contribution in [2.24, 2.45) is 0 Å². The second-order valence-corrected chi connectivity index (χ2v) is 7.37. The smallest absolute Gasteiger partial charge is 0.242 e. The van der Waals surface area contributed by atoms with E-state index in [2.05, 4.69) is 17.4 Å². The van der Waals surface area contributed by atoms with Crippen LogP contribution in [0.2, 0.25) is 0 Å². The van der Waals surface area contributed by atoms with Crippen molar-refractivity contribution in [1.29, 1.82) is 0 Å². The van der Waals surface area contributed by atoms with Crippen LogP contribution in [0.4, 0.5) is 0 Å². The standard InChI is InChI=1S/C24H32N2O2/c1-6-22(24(28)25-7-2)26(16-20-11-9-8-10-18(20)4)23(27)15-21-14-17(3)12-13-19(21)5/h8-14,22H,6-7,15-16H2,1-5H3,(H,25,28)/t22-/m0/s1. The monoisotopic (exact) mass is 380 g/mol. The van der Waals surface area contributed by atoms with Crippen LogP contribution in [0, 0.1) is 20.8 Å². The Hall–Kier alpha value is -2.62. The molecule has 2 rings (SSSR count). The lowest BCUT2D eigenvalue weighted by Gasteiger charge is -2.31. The Bertz CT molecular complexity index is 829. The van der Waals surface area contributed by atoms with Gasteiger partial charge in [0.05, 0.1) is 6.42 Å². The SMILES string of the molecule is CCNC(=O)[C@H](CC)N(Cc1ccccc1C)C(=O)Cc1cc(C)ccc1C. The molecule has 0 aliphatic rings. The van der Waals surface area contributed by atoms with Crippen LogP contribution in [-0.2, 0) is 22.6 Å². The Balaban J connectivity index is 2.35. The molecule has 1 atom stereocenters. The lowest BCUT2D eigenvalue weighted by molar-refractivity contribution is -0.140. The third-order valence-corrected chi connectivity index (χ3v) is 5.19. The average molecular weight is 381 g/mol. The van der Waals surface area contributed by atoms with Gasteiger partial charge in [0.2, 0.25) is 11.8 Å². The predicted molar refractivity (Wildman–Crippen MR) is 114 cm³/mol. The highest BCUT2D eigenvalue weighted by molar-refractivity contribution is 5.88. The molecule has 0 fully saturated rings. The van der Waals surface area contributed by atoms with Crippen molar-refractivity contribution in [3.8, 4) is 0 Å². The summed E-state index contributed by atoms with van der Waals surface area (Å²) in [6.45, 7) is 10.9. The van der Waals surface area contributed by atoms with Crippen LogP contribution in [-0.4, -0.2) is 29.3 Å². The fraction of sp³-hybridized carbons (Fsp3) is 0.417. The van der Waals surface area contributed by atoms with Gasteiger partial charge in [0.25, 0.3) is 0 Å². The van der Waals surface area contributed by atoms with E-state index in [-0.39, 0.29) is 11.8 Å². The van der Waals surface area contributed by atoms with Crippen molar-refractivity contribution in [2.75, 3.05) is 6.54 Å². The number of benzene rings is 2. The van der Waals surface area contributed by atoms with Crippen LogP contribution in [0.5, 0.6) is 0 Å². The first kappa shape index (κ1) is 21.7. The number of likely N-dealkylation sites (N-methyl/N-ethyl adjacent to an activating group) is 1. The molecular weight excluding hydrogens is 348 g/mol. The molecule has 2 aromatic carbocycles. The molecule has 0 aliphatic carbocycles. The number of hydrogen-bond donors (Lipinski definition) is 1. The molecule has 0 saturated heterocycles. The second kappa shape index (κ2) is 10.1. The first-order chi connectivity index (χ1) is 13.4. The van der Waals surface area contributed by atoms with Gasteiger partial charge >= 0.3 is 0 Å². The topological polar surface area (TPSA) is 49.4 Å². The Kier molecular flexibility index (Phi) is 7.80. The van der Waals surface area contributed by atoms with E-state index in [1.165, 1.54) is 0 Å². The maximum atomic E-state index is 13.3. The van der Waals surface area contributed by atoms with E-state index in [1.807, 2.05) is 65.0 Å². The molecular formula is C24H32N2O2. The van der Waals surface area contributed by atoms with Crippen LogP contribution in [0.25, 0.3) is 0 Å².